The third-order valence-corrected chi connectivity index (χ3v) is 3.42. The minimum absolute atomic E-state index is 0.110. The topological polar surface area (TPSA) is 43.4 Å². The molecule has 1 N–H and O–H groups in total. The van der Waals surface area contributed by atoms with Crippen molar-refractivity contribution >= 4 is 11.3 Å². The second-order valence-corrected chi connectivity index (χ2v) is 4.97. The summed E-state index contributed by atoms with van der Waals surface area (Å²) in [5.74, 6) is 0. The highest BCUT2D eigenvalue weighted by atomic mass is 32.1. The molecule has 0 aliphatic heterocycles. The van der Waals surface area contributed by atoms with Crippen molar-refractivity contribution in [2.24, 2.45) is 0 Å². The van der Waals surface area contributed by atoms with Crippen LogP contribution in [0, 0.1) is 13.8 Å². The fourth-order valence-corrected chi connectivity index (χ4v) is 2.39. The molecular weight excluding hydrogens is 224 g/mol. The lowest BCUT2D eigenvalue weighted by molar-refractivity contribution is 0.0288. The van der Waals surface area contributed by atoms with E-state index < -0.39 is 0 Å². The molecule has 5 heteroatoms. The molecule has 1 unspecified atom stereocenters. The number of aromatic nitrogens is 1. The van der Waals surface area contributed by atoms with Gasteiger partial charge in [-0.1, -0.05) is 0 Å². The van der Waals surface area contributed by atoms with Gasteiger partial charge in [-0.3, -0.25) is 0 Å². The molecule has 0 saturated heterocycles. The molecule has 0 saturated carbocycles. The molecule has 0 spiro atoms. The number of rotatable bonds is 7. The number of thiazole rings is 1. The zero-order chi connectivity index (χ0) is 12.0. The maximum Gasteiger partial charge on any atom is 0.0928 e. The van der Waals surface area contributed by atoms with Gasteiger partial charge in [-0.2, -0.15) is 0 Å². The van der Waals surface area contributed by atoms with Crippen LogP contribution in [0.3, 0.4) is 0 Å². The molecule has 0 radical (unpaired) electrons. The molecule has 0 aliphatic carbocycles. The molecule has 0 fully saturated rings. The molecular formula is C11H20N2O2S. The van der Waals surface area contributed by atoms with Crippen LogP contribution >= 0.6 is 11.3 Å². The summed E-state index contributed by atoms with van der Waals surface area (Å²) in [6, 6.07) is 0. The Kier molecular flexibility index (Phi) is 5.90. The second-order valence-electron chi connectivity index (χ2n) is 3.69. The lowest BCUT2D eigenvalue weighted by Crippen LogP contribution is -2.31. The molecule has 1 atom stereocenters. The van der Waals surface area contributed by atoms with Crippen molar-refractivity contribution in [3.63, 3.8) is 0 Å². The van der Waals surface area contributed by atoms with E-state index >= 15 is 0 Å². The molecule has 1 aromatic rings. The van der Waals surface area contributed by atoms with Gasteiger partial charge in [0.05, 0.1) is 23.4 Å². The normalized spacial score (nSPS) is 13.0. The van der Waals surface area contributed by atoms with Gasteiger partial charge in [0.1, 0.15) is 0 Å². The standard InChI is InChI=1S/C11H20N2O2S/c1-8-11(16-9(2)13-8)6-12-5-10(15-4)7-14-3/h10,12H,5-7H2,1-4H3. The van der Waals surface area contributed by atoms with Gasteiger partial charge in [0.25, 0.3) is 0 Å². The van der Waals surface area contributed by atoms with Crippen LogP contribution in [0.1, 0.15) is 15.6 Å². The van der Waals surface area contributed by atoms with Gasteiger partial charge >= 0.3 is 0 Å². The minimum Gasteiger partial charge on any atom is -0.382 e. The predicted molar refractivity (Wildman–Crippen MR) is 66.0 cm³/mol. The minimum atomic E-state index is 0.110. The van der Waals surface area contributed by atoms with Crippen molar-refractivity contribution in [1.82, 2.24) is 10.3 Å². The van der Waals surface area contributed by atoms with E-state index in [-0.39, 0.29) is 6.10 Å². The first-order valence-corrected chi connectivity index (χ1v) is 6.14. The number of hydrogen-bond donors (Lipinski definition) is 1. The lowest BCUT2D eigenvalue weighted by Gasteiger charge is -2.14. The maximum absolute atomic E-state index is 5.26. The number of nitrogens with one attached hydrogen (secondary N) is 1. The average Bonchev–Trinajstić information content (AvgIpc) is 2.56. The lowest BCUT2D eigenvalue weighted by atomic mass is 10.3. The number of nitrogens with zero attached hydrogens (tertiary/aromatic N) is 1. The Bertz CT molecular complexity index is 315. The summed E-state index contributed by atoms with van der Waals surface area (Å²) in [6.45, 7) is 6.33. The molecule has 0 aliphatic rings. The molecule has 0 aromatic carbocycles. The number of hydrogen-bond acceptors (Lipinski definition) is 5. The van der Waals surface area contributed by atoms with Gasteiger partial charge in [-0.25, -0.2) is 4.98 Å². The zero-order valence-electron chi connectivity index (χ0n) is 10.4. The van der Waals surface area contributed by atoms with Crippen LogP contribution in [0.5, 0.6) is 0 Å². The largest absolute Gasteiger partial charge is 0.382 e. The van der Waals surface area contributed by atoms with Crippen molar-refractivity contribution < 1.29 is 9.47 Å². The summed E-state index contributed by atoms with van der Waals surface area (Å²) in [6.07, 6.45) is 0.110. The number of aryl methyl sites for hydroxylation is 2. The van der Waals surface area contributed by atoms with Gasteiger partial charge in [0.2, 0.25) is 0 Å². The SMILES string of the molecule is COCC(CNCc1sc(C)nc1C)OC. The first-order valence-electron chi connectivity index (χ1n) is 5.32. The molecule has 92 valence electrons. The van der Waals surface area contributed by atoms with Crippen LogP contribution in [0.15, 0.2) is 0 Å². The zero-order valence-corrected chi connectivity index (χ0v) is 11.2. The highest BCUT2D eigenvalue weighted by Gasteiger charge is 2.08. The Labute approximate surface area is 101 Å². The smallest absolute Gasteiger partial charge is 0.0928 e. The van der Waals surface area contributed by atoms with Crippen molar-refractivity contribution in [1.29, 1.82) is 0 Å². The molecule has 0 bridgehead atoms. The second kappa shape index (κ2) is 6.96. The summed E-state index contributed by atoms with van der Waals surface area (Å²) in [7, 11) is 3.39. The van der Waals surface area contributed by atoms with Crippen molar-refractivity contribution in [2.75, 3.05) is 27.4 Å². The van der Waals surface area contributed by atoms with Crippen molar-refractivity contribution in [2.45, 2.75) is 26.5 Å². The summed E-state index contributed by atoms with van der Waals surface area (Å²) in [4.78, 5) is 5.68. The summed E-state index contributed by atoms with van der Waals surface area (Å²) in [5.41, 5.74) is 1.12. The maximum atomic E-state index is 5.26. The summed E-state index contributed by atoms with van der Waals surface area (Å²) in [5, 5.41) is 4.48. The fourth-order valence-electron chi connectivity index (χ4n) is 1.48. The van der Waals surface area contributed by atoms with E-state index in [9.17, 15) is 0 Å². The monoisotopic (exact) mass is 244 g/mol. The highest BCUT2D eigenvalue weighted by molar-refractivity contribution is 7.11. The van der Waals surface area contributed by atoms with Crippen molar-refractivity contribution in [3.05, 3.63) is 15.6 Å². The van der Waals surface area contributed by atoms with E-state index in [1.54, 1.807) is 25.6 Å². The fraction of sp³-hybridized carbons (Fsp3) is 0.727. The Morgan fingerprint density at radius 3 is 2.62 bits per heavy atom. The molecule has 0 amide bonds. The Balaban J connectivity index is 2.32. The van der Waals surface area contributed by atoms with Gasteiger partial charge < -0.3 is 14.8 Å². The van der Waals surface area contributed by atoms with Gasteiger partial charge in [-0.05, 0) is 13.8 Å². The van der Waals surface area contributed by atoms with Crippen LogP contribution in [0.2, 0.25) is 0 Å². The number of ether oxygens (including phenoxy) is 2. The summed E-state index contributed by atoms with van der Waals surface area (Å²) < 4.78 is 10.3. The van der Waals surface area contributed by atoms with E-state index in [4.69, 9.17) is 9.47 Å². The van der Waals surface area contributed by atoms with Gasteiger partial charge in [0, 0.05) is 32.2 Å². The Hall–Kier alpha value is -0.490. The molecule has 1 rings (SSSR count). The highest BCUT2D eigenvalue weighted by Crippen LogP contribution is 2.16. The van der Waals surface area contributed by atoms with Crippen LogP contribution in [-0.2, 0) is 16.0 Å². The van der Waals surface area contributed by atoms with Crippen LogP contribution in [0.25, 0.3) is 0 Å². The predicted octanol–water partition coefficient (Wildman–Crippen LogP) is 1.51. The number of methoxy groups -OCH3 is 2. The van der Waals surface area contributed by atoms with Crippen molar-refractivity contribution in [3.8, 4) is 0 Å². The van der Waals surface area contributed by atoms with E-state index in [0.29, 0.717) is 6.61 Å². The third kappa shape index (κ3) is 4.17. The van der Waals surface area contributed by atoms with Crippen LogP contribution in [-0.4, -0.2) is 38.5 Å². The summed E-state index contributed by atoms with van der Waals surface area (Å²) >= 11 is 1.74. The van der Waals surface area contributed by atoms with E-state index in [2.05, 4.69) is 10.3 Å². The average molecular weight is 244 g/mol. The Morgan fingerprint density at radius 1 is 1.38 bits per heavy atom. The quantitative estimate of drug-likeness (QED) is 0.789. The van der Waals surface area contributed by atoms with Gasteiger partial charge in [0.15, 0.2) is 0 Å². The molecule has 1 heterocycles. The molecule has 1 aromatic heterocycles. The molecule has 16 heavy (non-hydrogen) atoms. The first-order chi connectivity index (χ1) is 7.67. The molecule has 4 nitrogen and oxygen atoms in total. The van der Waals surface area contributed by atoms with Gasteiger partial charge in [-0.15, -0.1) is 11.3 Å². The Morgan fingerprint density at radius 2 is 2.12 bits per heavy atom. The van der Waals surface area contributed by atoms with Crippen LogP contribution in [0.4, 0.5) is 0 Å². The third-order valence-electron chi connectivity index (χ3n) is 2.34. The van der Waals surface area contributed by atoms with E-state index in [1.807, 2.05) is 13.8 Å². The van der Waals surface area contributed by atoms with E-state index in [0.717, 1.165) is 23.8 Å². The van der Waals surface area contributed by atoms with Crippen LogP contribution < -0.4 is 5.32 Å². The first kappa shape index (κ1) is 13.6. The van der Waals surface area contributed by atoms with E-state index in [1.165, 1.54) is 4.88 Å².